The molecule has 1 amide bonds. The van der Waals surface area contributed by atoms with Gasteiger partial charge in [-0.3, -0.25) is 4.79 Å². The van der Waals surface area contributed by atoms with Gasteiger partial charge in [0, 0.05) is 29.4 Å². The summed E-state index contributed by atoms with van der Waals surface area (Å²) >= 11 is 0. The van der Waals surface area contributed by atoms with Gasteiger partial charge in [-0.15, -0.1) is 0 Å². The third-order valence-corrected chi connectivity index (χ3v) is 8.01. The van der Waals surface area contributed by atoms with Crippen molar-refractivity contribution in [1.82, 2.24) is 4.90 Å². The molecular weight excluding hydrogens is 296 g/mol. The molecule has 3 heteroatoms. The molecule has 3 aliphatic carbocycles. The molecule has 1 aliphatic heterocycles. The van der Waals surface area contributed by atoms with E-state index >= 15 is 0 Å². The van der Waals surface area contributed by atoms with E-state index in [1.54, 1.807) is 0 Å². The fourth-order valence-electron chi connectivity index (χ4n) is 6.67. The molecule has 1 aromatic rings. The van der Waals surface area contributed by atoms with E-state index in [0.29, 0.717) is 18.0 Å². The Morgan fingerprint density at radius 2 is 2.08 bits per heavy atom. The maximum absolute atomic E-state index is 13.0. The standard InChI is InChI=1S/C21H28N2O/c1-13(23-12-18-17(20(23)24)3-2-4-19(18)22)21-8-7-15-6-5-14(10-21)9-16(15)11-21/h2-4,13-16H,5-12,22H2,1H3. The van der Waals surface area contributed by atoms with Crippen molar-refractivity contribution in [2.75, 3.05) is 5.73 Å². The molecule has 3 nitrogen and oxygen atoms in total. The Hall–Kier alpha value is -1.51. The molecule has 5 rings (SSSR count). The lowest BCUT2D eigenvalue weighted by Crippen LogP contribution is -2.54. The largest absolute Gasteiger partial charge is 0.398 e. The van der Waals surface area contributed by atoms with Gasteiger partial charge >= 0.3 is 0 Å². The molecule has 24 heavy (non-hydrogen) atoms. The van der Waals surface area contributed by atoms with Crippen LogP contribution >= 0.6 is 0 Å². The first-order valence-electron chi connectivity index (χ1n) is 9.76. The molecule has 0 radical (unpaired) electrons. The highest BCUT2D eigenvalue weighted by molar-refractivity contribution is 6.00. The minimum atomic E-state index is 0.206. The third kappa shape index (κ3) is 1.93. The van der Waals surface area contributed by atoms with Crippen LogP contribution in [0.25, 0.3) is 0 Å². The van der Waals surface area contributed by atoms with Crippen LogP contribution in [0, 0.1) is 23.2 Å². The van der Waals surface area contributed by atoms with E-state index in [1.165, 1.54) is 44.9 Å². The molecule has 0 aromatic heterocycles. The summed E-state index contributed by atoms with van der Waals surface area (Å²) in [7, 11) is 0. The van der Waals surface area contributed by atoms with Crippen LogP contribution in [0.2, 0.25) is 0 Å². The van der Waals surface area contributed by atoms with E-state index in [-0.39, 0.29) is 5.91 Å². The second-order valence-corrected chi connectivity index (χ2v) is 8.99. The van der Waals surface area contributed by atoms with Crippen molar-refractivity contribution in [2.45, 2.75) is 64.5 Å². The van der Waals surface area contributed by atoms with Crippen molar-refractivity contribution in [3.8, 4) is 0 Å². The summed E-state index contributed by atoms with van der Waals surface area (Å²) in [6.45, 7) is 3.03. The summed E-state index contributed by atoms with van der Waals surface area (Å²) in [5.74, 6) is 3.02. The maximum atomic E-state index is 13.0. The second-order valence-electron chi connectivity index (χ2n) is 8.99. The third-order valence-electron chi connectivity index (χ3n) is 8.01. The summed E-state index contributed by atoms with van der Waals surface area (Å²) < 4.78 is 0. The Morgan fingerprint density at radius 1 is 1.21 bits per heavy atom. The van der Waals surface area contributed by atoms with E-state index in [9.17, 15) is 4.79 Å². The summed E-state index contributed by atoms with van der Waals surface area (Å²) in [4.78, 5) is 15.2. The van der Waals surface area contributed by atoms with Crippen LogP contribution in [-0.4, -0.2) is 16.8 Å². The predicted molar refractivity (Wildman–Crippen MR) is 95.4 cm³/mol. The number of benzene rings is 1. The molecule has 5 atom stereocenters. The molecule has 1 aromatic carbocycles. The number of hydrogen-bond acceptors (Lipinski definition) is 2. The number of amides is 1. The Labute approximate surface area is 144 Å². The highest BCUT2D eigenvalue weighted by Crippen LogP contribution is 2.60. The first kappa shape index (κ1) is 14.8. The Kier molecular flexibility index (Phi) is 3.08. The lowest BCUT2D eigenvalue weighted by molar-refractivity contribution is -0.0733. The van der Waals surface area contributed by atoms with Crippen molar-refractivity contribution >= 4 is 11.6 Å². The predicted octanol–water partition coefficient (Wildman–Crippen LogP) is 4.22. The average Bonchev–Trinajstić information content (AvgIpc) is 2.91. The number of hydrogen-bond donors (Lipinski definition) is 1. The Morgan fingerprint density at radius 3 is 2.92 bits per heavy atom. The minimum absolute atomic E-state index is 0.206. The first-order valence-corrected chi connectivity index (χ1v) is 9.76. The lowest BCUT2D eigenvalue weighted by atomic mass is 9.49. The Balaban J connectivity index is 1.46. The van der Waals surface area contributed by atoms with E-state index in [2.05, 4.69) is 11.8 Å². The molecule has 2 N–H and O–H groups in total. The highest BCUT2D eigenvalue weighted by Gasteiger charge is 2.53. The fourth-order valence-corrected chi connectivity index (χ4v) is 6.67. The molecule has 3 saturated carbocycles. The van der Waals surface area contributed by atoms with E-state index in [1.807, 2.05) is 18.2 Å². The number of nitrogen functional groups attached to an aromatic ring is 1. The van der Waals surface area contributed by atoms with Crippen LogP contribution < -0.4 is 5.73 Å². The van der Waals surface area contributed by atoms with Crippen molar-refractivity contribution in [1.29, 1.82) is 0 Å². The van der Waals surface area contributed by atoms with Gasteiger partial charge in [-0.2, -0.15) is 0 Å². The van der Waals surface area contributed by atoms with Gasteiger partial charge in [0.15, 0.2) is 0 Å². The molecule has 128 valence electrons. The van der Waals surface area contributed by atoms with Crippen LogP contribution in [0.3, 0.4) is 0 Å². The van der Waals surface area contributed by atoms with Crippen molar-refractivity contribution in [3.63, 3.8) is 0 Å². The topological polar surface area (TPSA) is 46.3 Å². The van der Waals surface area contributed by atoms with Crippen molar-refractivity contribution in [3.05, 3.63) is 29.3 Å². The smallest absolute Gasteiger partial charge is 0.254 e. The minimum Gasteiger partial charge on any atom is -0.398 e. The molecule has 3 fully saturated rings. The highest BCUT2D eigenvalue weighted by atomic mass is 16.2. The van der Waals surface area contributed by atoms with Crippen LogP contribution in [0.4, 0.5) is 5.69 Å². The van der Waals surface area contributed by atoms with Crippen LogP contribution in [0.5, 0.6) is 0 Å². The number of carbonyl (C=O) groups is 1. The number of fused-ring (bicyclic) bond motifs is 3. The molecule has 1 heterocycles. The zero-order valence-corrected chi connectivity index (χ0v) is 14.6. The summed E-state index contributed by atoms with van der Waals surface area (Å²) in [6.07, 6.45) is 9.75. The fraction of sp³-hybridized carbons (Fsp3) is 0.667. The normalized spacial score (nSPS) is 38.3. The number of anilines is 1. The van der Waals surface area contributed by atoms with Crippen molar-refractivity contribution < 1.29 is 4.79 Å². The molecule has 0 saturated heterocycles. The summed E-state index contributed by atoms with van der Waals surface area (Å²) in [5.41, 5.74) is 9.16. The number of rotatable bonds is 2. The SMILES string of the molecule is CC(N1Cc2c(N)cccc2C1=O)C12CCC3CCC(CC3C1)C2. The average molecular weight is 324 g/mol. The molecule has 4 aliphatic rings. The summed E-state index contributed by atoms with van der Waals surface area (Å²) in [5, 5.41) is 0. The first-order chi connectivity index (χ1) is 11.6. The molecule has 0 spiro atoms. The monoisotopic (exact) mass is 324 g/mol. The van der Waals surface area contributed by atoms with Gasteiger partial charge in [0.05, 0.1) is 0 Å². The van der Waals surface area contributed by atoms with Crippen LogP contribution in [0.1, 0.15) is 67.8 Å². The van der Waals surface area contributed by atoms with E-state index in [0.717, 1.165) is 34.6 Å². The van der Waals surface area contributed by atoms with Crippen molar-refractivity contribution in [2.24, 2.45) is 23.2 Å². The van der Waals surface area contributed by atoms with Gasteiger partial charge in [-0.05, 0) is 80.8 Å². The quantitative estimate of drug-likeness (QED) is 0.828. The van der Waals surface area contributed by atoms with E-state index in [4.69, 9.17) is 5.73 Å². The van der Waals surface area contributed by atoms with Gasteiger partial charge in [0.2, 0.25) is 0 Å². The zero-order chi connectivity index (χ0) is 16.5. The second kappa shape index (κ2) is 5.00. The lowest BCUT2D eigenvalue weighted by Gasteiger charge is -2.58. The van der Waals surface area contributed by atoms with E-state index < -0.39 is 0 Å². The van der Waals surface area contributed by atoms with Gasteiger partial charge in [0.25, 0.3) is 5.91 Å². The molecule has 5 unspecified atom stereocenters. The maximum Gasteiger partial charge on any atom is 0.254 e. The zero-order valence-electron chi connectivity index (χ0n) is 14.6. The molecular formula is C21H28N2O. The van der Waals surface area contributed by atoms with Gasteiger partial charge < -0.3 is 10.6 Å². The van der Waals surface area contributed by atoms with Gasteiger partial charge in [0.1, 0.15) is 0 Å². The molecule has 3 bridgehead atoms. The number of nitrogens with two attached hydrogens (primary N) is 1. The van der Waals surface area contributed by atoms with Crippen LogP contribution in [-0.2, 0) is 6.54 Å². The van der Waals surface area contributed by atoms with Gasteiger partial charge in [-0.25, -0.2) is 0 Å². The van der Waals surface area contributed by atoms with Crippen LogP contribution in [0.15, 0.2) is 18.2 Å². The number of nitrogens with zero attached hydrogens (tertiary/aromatic N) is 1. The summed E-state index contributed by atoms with van der Waals surface area (Å²) in [6, 6.07) is 6.12. The van der Waals surface area contributed by atoms with Gasteiger partial charge in [-0.1, -0.05) is 12.5 Å². The number of carbonyl (C=O) groups excluding carboxylic acids is 1. The Bertz CT molecular complexity index is 695.